The second-order valence-electron chi connectivity index (χ2n) is 9.37. The van der Waals surface area contributed by atoms with Gasteiger partial charge in [-0.05, 0) is 97.1 Å². The summed E-state index contributed by atoms with van der Waals surface area (Å²) in [6.07, 6.45) is 0.586. The number of benzene rings is 3. The van der Waals surface area contributed by atoms with Gasteiger partial charge in [-0.1, -0.05) is 38.1 Å². The number of amides is 1. The van der Waals surface area contributed by atoms with Crippen molar-refractivity contribution in [2.45, 2.75) is 47.0 Å². The van der Waals surface area contributed by atoms with Crippen molar-refractivity contribution in [3.05, 3.63) is 88.3 Å². The van der Waals surface area contributed by atoms with Gasteiger partial charge in [-0.3, -0.25) is 10.1 Å². The summed E-state index contributed by atoms with van der Waals surface area (Å²) in [6, 6.07) is 17.9. The Morgan fingerprint density at radius 3 is 2.47 bits per heavy atom. The number of hydrogen-bond acceptors (Lipinski definition) is 5. The quantitative estimate of drug-likeness (QED) is 0.287. The van der Waals surface area contributed by atoms with E-state index in [-0.39, 0.29) is 17.6 Å². The van der Waals surface area contributed by atoms with Crippen molar-refractivity contribution in [3.8, 4) is 5.75 Å². The van der Waals surface area contributed by atoms with Gasteiger partial charge in [0.05, 0.1) is 0 Å². The molecule has 1 amide bonds. The minimum absolute atomic E-state index is 0.118. The fourth-order valence-electron chi connectivity index (χ4n) is 3.90. The van der Waals surface area contributed by atoms with E-state index < -0.39 is 0 Å². The average Bonchev–Trinajstić information content (AvgIpc) is 3.19. The van der Waals surface area contributed by atoms with Gasteiger partial charge in [-0.2, -0.15) is 0 Å². The Morgan fingerprint density at radius 1 is 1.03 bits per heavy atom. The number of rotatable bonds is 7. The van der Waals surface area contributed by atoms with Crippen LogP contribution in [0.4, 0.5) is 5.69 Å². The molecule has 36 heavy (non-hydrogen) atoms. The van der Waals surface area contributed by atoms with Gasteiger partial charge in [0, 0.05) is 12.1 Å². The maximum absolute atomic E-state index is 12.4. The number of thiocarbonyl (C=S) groups is 1. The second-order valence-corrected chi connectivity index (χ2v) is 9.78. The molecule has 186 valence electrons. The van der Waals surface area contributed by atoms with Crippen LogP contribution in [0.3, 0.4) is 0 Å². The first-order valence-electron chi connectivity index (χ1n) is 12.0. The van der Waals surface area contributed by atoms with Gasteiger partial charge < -0.3 is 14.5 Å². The lowest BCUT2D eigenvalue weighted by molar-refractivity contribution is -0.121. The number of fused-ring (bicyclic) bond motifs is 1. The van der Waals surface area contributed by atoms with E-state index in [0.29, 0.717) is 18.2 Å². The summed E-state index contributed by atoms with van der Waals surface area (Å²) in [7, 11) is 0. The van der Waals surface area contributed by atoms with Crippen molar-refractivity contribution in [3.63, 3.8) is 0 Å². The highest BCUT2D eigenvalue weighted by Gasteiger charge is 2.12. The first-order valence-corrected chi connectivity index (χ1v) is 12.4. The Balaban J connectivity index is 1.30. The smallest absolute Gasteiger partial charge is 0.264 e. The van der Waals surface area contributed by atoms with Crippen molar-refractivity contribution in [1.82, 2.24) is 10.3 Å². The summed E-state index contributed by atoms with van der Waals surface area (Å²) in [5.41, 5.74) is 8.04. The van der Waals surface area contributed by atoms with Crippen LogP contribution in [0.1, 0.15) is 53.5 Å². The molecular weight excluding hydrogens is 470 g/mol. The Bertz CT molecular complexity index is 1370. The largest absolute Gasteiger partial charge is 0.483 e. The molecule has 4 rings (SSSR count). The lowest BCUT2D eigenvalue weighted by Crippen LogP contribution is -2.37. The molecule has 7 heteroatoms. The van der Waals surface area contributed by atoms with E-state index in [4.69, 9.17) is 21.4 Å². The van der Waals surface area contributed by atoms with E-state index >= 15 is 0 Å². The summed E-state index contributed by atoms with van der Waals surface area (Å²) in [5, 5.41) is 5.93. The standard InChI is InChI=1S/C29H31N3O3S/c1-17(2)23-11-6-18(3)12-25(23)34-16-27(33)32-29(36)30-22-9-7-21(8-10-22)15-28-31-24-13-19(4)20(5)14-26(24)35-28/h6-14,17H,15-16H2,1-5H3,(H2,30,32,33,36). The topological polar surface area (TPSA) is 76.4 Å². The molecule has 1 heterocycles. The molecule has 0 saturated carbocycles. The monoisotopic (exact) mass is 501 g/mol. The number of oxazole rings is 1. The molecule has 0 spiro atoms. The summed E-state index contributed by atoms with van der Waals surface area (Å²) in [5.74, 6) is 1.37. The van der Waals surface area contributed by atoms with Crippen molar-refractivity contribution in [2.24, 2.45) is 0 Å². The van der Waals surface area contributed by atoms with Crippen LogP contribution in [0, 0.1) is 20.8 Å². The molecule has 3 aromatic carbocycles. The van der Waals surface area contributed by atoms with Gasteiger partial charge in [0.1, 0.15) is 11.3 Å². The van der Waals surface area contributed by atoms with Crippen molar-refractivity contribution in [1.29, 1.82) is 0 Å². The summed E-state index contributed by atoms with van der Waals surface area (Å²) in [4.78, 5) is 17.0. The number of anilines is 1. The zero-order valence-corrected chi connectivity index (χ0v) is 22.1. The predicted octanol–water partition coefficient (Wildman–Crippen LogP) is 6.36. The SMILES string of the molecule is Cc1ccc(C(C)C)c(OCC(=O)NC(=S)Nc2ccc(Cc3nc4cc(C)c(C)cc4o3)cc2)c1. The number of hydrogen-bond donors (Lipinski definition) is 2. The molecule has 0 aliphatic rings. The van der Waals surface area contributed by atoms with E-state index in [1.54, 1.807) is 0 Å². The summed E-state index contributed by atoms with van der Waals surface area (Å²) < 4.78 is 11.7. The molecule has 0 saturated heterocycles. The number of aryl methyl sites for hydroxylation is 3. The molecule has 0 atom stereocenters. The molecule has 0 unspecified atom stereocenters. The molecule has 2 N–H and O–H groups in total. The fraction of sp³-hybridized carbons (Fsp3) is 0.276. The number of nitrogens with zero attached hydrogens (tertiary/aromatic N) is 1. The summed E-state index contributed by atoms with van der Waals surface area (Å²) in [6.45, 7) is 10.2. The highest BCUT2D eigenvalue weighted by atomic mass is 32.1. The number of ether oxygens (including phenoxy) is 1. The molecule has 0 aliphatic heterocycles. The molecular formula is C29H31N3O3S. The zero-order chi connectivity index (χ0) is 25.8. The van der Waals surface area contributed by atoms with Gasteiger partial charge in [0.2, 0.25) is 0 Å². The van der Waals surface area contributed by atoms with E-state index in [9.17, 15) is 4.79 Å². The Morgan fingerprint density at radius 2 is 1.75 bits per heavy atom. The van der Waals surface area contributed by atoms with Crippen molar-refractivity contribution in [2.75, 3.05) is 11.9 Å². The lowest BCUT2D eigenvalue weighted by atomic mass is 10.0. The first kappa shape index (κ1) is 25.4. The number of nitrogens with one attached hydrogen (secondary N) is 2. The third kappa shape index (κ3) is 6.29. The Hall–Kier alpha value is -3.71. The Kier molecular flexibility index (Phi) is 7.70. The maximum atomic E-state index is 12.4. The molecule has 0 aliphatic carbocycles. The van der Waals surface area contributed by atoms with E-state index in [1.807, 2.05) is 55.5 Å². The van der Waals surface area contributed by atoms with Crippen LogP contribution in [0.25, 0.3) is 11.1 Å². The van der Waals surface area contributed by atoms with E-state index in [1.165, 1.54) is 11.1 Å². The number of carbonyl (C=O) groups excluding carboxylic acids is 1. The minimum Gasteiger partial charge on any atom is -0.483 e. The van der Waals surface area contributed by atoms with Gasteiger partial charge in [0.25, 0.3) is 5.91 Å². The van der Waals surface area contributed by atoms with Gasteiger partial charge >= 0.3 is 0 Å². The predicted molar refractivity (Wildman–Crippen MR) is 148 cm³/mol. The van der Waals surface area contributed by atoms with Crippen LogP contribution in [0.15, 0.2) is 59.0 Å². The maximum Gasteiger partial charge on any atom is 0.264 e. The molecule has 4 aromatic rings. The molecule has 0 fully saturated rings. The first-order chi connectivity index (χ1) is 17.2. The third-order valence-electron chi connectivity index (χ3n) is 6.02. The lowest BCUT2D eigenvalue weighted by Gasteiger charge is -2.15. The second kappa shape index (κ2) is 10.9. The van der Waals surface area contributed by atoms with Crippen LogP contribution < -0.4 is 15.4 Å². The van der Waals surface area contributed by atoms with Crippen molar-refractivity contribution >= 4 is 40.0 Å². The van der Waals surface area contributed by atoms with Crippen LogP contribution in [-0.2, 0) is 11.2 Å². The highest BCUT2D eigenvalue weighted by molar-refractivity contribution is 7.80. The number of carbonyl (C=O) groups is 1. The molecule has 0 radical (unpaired) electrons. The minimum atomic E-state index is -0.318. The highest BCUT2D eigenvalue weighted by Crippen LogP contribution is 2.27. The van der Waals surface area contributed by atoms with Crippen LogP contribution in [0.2, 0.25) is 0 Å². The van der Waals surface area contributed by atoms with Gasteiger partial charge in [-0.25, -0.2) is 4.98 Å². The summed E-state index contributed by atoms with van der Waals surface area (Å²) >= 11 is 5.30. The van der Waals surface area contributed by atoms with Crippen molar-refractivity contribution < 1.29 is 13.9 Å². The van der Waals surface area contributed by atoms with Gasteiger partial charge in [-0.15, -0.1) is 0 Å². The normalized spacial score (nSPS) is 11.1. The molecule has 1 aromatic heterocycles. The third-order valence-corrected chi connectivity index (χ3v) is 6.22. The molecule has 0 bridgehead atoms. The zero-order valence-electron chi connectivity index (χ0n) is 21.3. The van der Waals surface area contributed by atoms with Crippen LogP contribution in [0.5, 0.6) is 5.75 Å². The Labute approximate surface area is 217 Å². The number of aromatic nitrogens is 1. The van der Waals surface area contributed by atoms with E-state index in [0.717, 1.165) is 39.2 Å². The average molecular weight is 502 g/mol. The fourth-order valence-corrected chi connectivity index (χ4v) is 4.13. The van der Waals surface area contributed by atoms with Gasteiger partial charge in [0.15, 0.2) is 23.2 Å². The van der Waals surface area contributed by atoms with E-state index in [2.05, 4.69) is 49.4 Å². The van der Waals surface area contributed by atoms with Crippen LogP contribution in [-0.4, -0.2) is 22.6 Å². The van der Waals surface area contributed by atoms with Crippen LogP contribution >= 0.6 is 12.2 Å². The molecule has 6 nitrogen and oxygen atoms in total.